The van der Waals surface area contributed by atoms with Gasteiger partial charge in [-0.15, -0.1) is 0 Å². The number of carboxylic acid groups (broad SMARTS) is 1. The van der Waals surface area contributed by atoms with Crippen LogP contribution in [0.15, 0.2) is 6.07 Å². The average Bonchev–Trinajstić information content (AvgIpc) is 2.91. The van der Waals surface area contributed by atoms with Gasteiger partial charge in [0.2, 0.25) is 0 Å². The van der Waals surface area contributed by atoms with Crippen LogP contribution in [0.25, 0.3) is 0 Å². The molecule has 3 rings (SSSR count). The fraction of sp³-hybridized carbons (Fsp3) is 0.625. The van der Waals surface area contributed by atoms with Crippen LogP contribution >= 0.6 is 11.8 Å². The first-order valence-electron chi connectivity index (χ1n) is 7.71. The second-order valence-electron chi connectivity index (χ2n) is 6.26. The number of fused-ring (bicyclic) bond motifs is 1. The van der Waals surface area contributed by atoms with E-state index in [1.807, 2.05) is 17.8 Å². The number of nitrogens with one attached hydrogen (secondary N) is 1. The van der Waals surface area contributed by atoms with Crippen molar-refractivity contribution in [2.24, 2.45) is 0 Å². The standard InChI is InChI=1S/C16H22N2O2S/c1-16(7-4-8-21-16)10-17-14-12(15(19)20)9-11-5-2-3-6-13(11)18-14/h9H,2-8,10H2,1H3,(H,17,18)(H,19,20). The maximum atomic E-state index is 11.5. The van der Waals surface area contributed by atoms with Crippen molar-refractivity contribution in [3.8, 4) is 0 Å². The molecular formula is C16H22N2O2S. The maximum Gasteiger partial charge on any atom is 0.339 e. The van der Waals surface area contributed by atoms with Crippen LogP contribution in [0.1, 0.15) is 54.2 Å². The summed E-state index contributed by atoms with van der Waals surface area (Å²) in [5.74, 6) is 0.862. The van der Waals surface area contributed by atoms with Crippen LogP contribution in [-0.2, 0) is 12.8 Å². The number of hydrogen-bond donors (Lipinski definition) is 2. The van der Waals surface area contributed by atoms with Crippen LogP contribution in [0.2, 0.25) is 0 Å². The highest BCUT2D eigenvalue weighted by Crippen LogP contribution is 2.38. The van der Waals surface area contributed by atoms with E-state index in [0.29, 0.717) is 11.4 Å². The summed E-state index contributed by atoms with van der Waals surface area (Å²) in [4.78, 5) is 16.1. The van der Waals surface area contributed by atoms with Gasteiger partial charge in [0.05, 0.1) is 0 Å². The van der Waals surface area contributed by atoms with E-state index in [9.17, 15) is 9.90 Å². The van der Waals surface area contributed by atoms with E-state index in [-0.39, 0.29) is 4.75 Å². The van der Waals surface area contributed by atoms with Crippen molar-refractivity contribution < 1.29 is 9.90 Å². The predicted molar refractivity (Wildman–Crippen MR) is 86.4 cm³/mol. The van der Waals surface area contributed by atoms with E-state index in [1.165, 1.54) is 18.6 Å². The minimum Gasteiger partial charge on any atom is -0.478 e. The van der Waals surface area contributed by atoms with Gasteiger partial charge in [0.1, 0.15) is 11.4 Å². The monoisotopic (exact) mass is 306 g/mol. The number of carbonyl (C=O) groups is 1. The quantitative estimate of drug-likeness (QED) is 0.893. The van der Waals surface area contributed by atoms with Gasteiger partial charge < -0.3 is 10.4 Å². The molecule has 1 atom stereocenters. The molecule has 1 unspecified atom stereocenters. The third kappa shape index (κ3) is 3.18. The van der Waals surface area contributed by atoms with Crippen molar-refractivity contribution >= 4 is 23.5 Å². The van der Waals surface area contributed by atoms with Gasteiger partial charge in [-0.2, -0.15) is 11.8 Å². The largest absolute Gasteiger partial charge is 0.478 e. The Kier molecular flexibility index (Phi) is 4.11. The van der Waals surface area contributed by atoms with Crippen LogP contribution in [0.5, 0.6) is 0 Å². The van der Waals surface area contributed by atoms with Gasteiger partial charge in [0.15, 0.2) is 0 Å². The first kappa shape index (κ1) is 14.7. The number of aryl methyl sites for hydroxylation is 2. The highest BCUT2D eigenvalue weighted by Gasteiger charge is 2.30. The maximum absolute atomic E-state index is 11.5. The molecule has 21 heavy (non-hydrogen) atoms. The number of hydrogen-bond acceptors (Lipinski definition) is 4. The highest BCUT2D eigenvalue weighted by molar-refractivity contribution is 8.00. The molecular weight excluding hydrogens is 284 g/mol. The van der Waals surface area contributed by atoms with Crippen molar-refractivity contribution in [2.75, 3.05) is 17.6 Å². The Morgan fingerprint density at radius 2 is 2.24 bits per heavy atom. The third-order valence-electron chi connectivity index (χ3n) is 4.46. The van der Waals surface area contributed by atoms with Crippen LogP contribution in [-0.4, -0.2) is 33.1 Å². The Balaban J connectivity index is 1.84. The molecule has 2 heterocycles. The summed E-state index contributed by atoms with van der Waals surface area (Å²) in [6.45, 7) is 3.03. The zero-order valence-electron chi connectivity index (χ0n) is 12.4. The Hall–Kier alpha value is -1.23. The van der Waals surface area contributed by atoms with E-state index in [0.717, 1.165) is 43.5 Å². The van der Waals surface area contributed by atoms with Gasteiger partial charge in [0.25, 0.3) is 0 Å². The fourth-order valence-electron chi connectivity index (χ4n) is 3.18. The highest BCUT2D eigenvalue weighted by atomic mass is 32.2. The molecule has 4 nitrogen and oxygen atoms in total. The molecule has 1 aliphatic heterocycles. The minimum absolute atomic E-state index is 0.202. The number of aromatic carboxylic acids is 1. The molecule has 0 aromatic carbocycles. The number of rotatable bonds is 4. The van der Waals surface area contributed by atoms with E-state index in [1.54, 1.807) is 0 Å². The molecule has 1 aromatic rings. The molecule has 1 aliphatic carbocycles. The van der Waals surface area contributed by atoms with Gasteiger partial charge in [-0.1, -0.05) is 0 Å². The summed E-state index contributed by atoms with van der Waals surface area (Å²) in [6, 6.07) is 1.83. The Labute approximate surface area is 129 Å². The van der Waals surface area contributed by atoms with Crippen molar-refractivity contribution in [3.63, 3.8) is 0 Å². The first-order chi connectivity index (χ1) is 10.1. The Bertz CT molecular complexity index is 553. The summed E-state index contributed by atoms with van der Waals surface area (Å²) in [5.41, 5.74) is 2.52. The summed E-state index contributed by atoms with van der Waals surface area (Å²) in [7, 11) is 0. The van der Waals surface area contributed by atoms with Crippen molar-refractivity contribution in [1.82, 2.24) is 4.98 Å². The minimum atomic E-state index is -0.886. The lowest BCUT2D eigenvalue weighted by atomic mass is 9.94. The number of thioether (sulfide) groups is 1. The van der Waals surface area contributed by atoms with E-state index in [2.05, 4.69) is 17.2 Å². The zero-order chi connectivity index (χ0) is 14.9. The third-order valence-corrected chi connectivity index (χ3v) is 6.00. The zero-order valence-corrected chi connectivity index (χ0v) is 13.3. The summed E-state index contributed by atoms with van der Waals surface area (Å²) in [6.07, 6.45) is 6.63. The molecule has 0 amide bonds. The Morgan fingerprint density at radius 3 is 2.95 bits per heavy atom. The molecule has 1 aromatic heterocycles. The summed E-state index contributed by atoms with van der Waals surface area (Å²) < 4.78 is 0.202. The molecule has 114 valence electrons. The van der Waals surface area contributed by atoms with E-state index < -0.39 is 5.97 Å². The molecule has 2 aliphatic rings. The molecule has 5 heteroatoms. The summed E-state index contributed by atoms with van der Waals surface area (Å²) in [5, 5.41) is 12.8. The van der Waals surface area contributed by atoms with Crippen LogP contribution in [0.3, 0.4) is 0 Å². The van der Waals surface area contributed by atoms with Crippen LogP contribution < -0.4 is 5.32 Å². The number of pyridine rings is 1. The average molecular weight is 306 g/mol. The van der Waals surface area contributed by atoms with Gasteiger partial charge in [0, 0.05) is 17.0 Å². The summed E-state index contributed by atoms with van der Waals surface area (Å²) >= 11 is 1.97. The lowest BCUT2D eigenvalue weighted by Gasteiger charge is -2.25. The van der Waals surface area contributed by atoms with Gasteiger partial charge in [-0.25, -0.2) is 9.78 Å². The predicted octanol–water partition coefficient (Wildman–Crippen LogP) is 3.36. The second kappa shape index (κ2) is 5.87. The van der Waals surface area contributed by atoms with Gasteiger partial charge in [-0.3, -0.25) is 0 Å². The second-order valence-corrected chi connectivity index (χ2v) is 7.94. The van der Waals surface area contributed by atoms with Crippen LogP contribution in [0.4, 0.5) is 5.82 Å². The van der Waals surface area contributed by atoms with Crippen molar-refractivity contribution in [1.29, 1.82) is 0 Å². The number of aromatic nitrogens is 1. The Morgan fingerprint density at radius 1 is 1.43 bits per heavy atom. The molecule has 0 radical (unpaired) electrons. The topological polar surface area (TPSA) is 62.2 Å². The molecule has 0 spiro atoms. The molecule has 1 fully saturated rings. The van der Waals surface area contributed by atoms with E-state index >= 15 is 0 Å². The molecule has 1 saturated heterocycles. The fourth-order valence-corrected chi connectivity index (χ4v) is 4.42. The number of anilines is 1. The van der Waals surface area contributed by atoms with Crippen molar-refractivity contribution in [2.45, 2.75) is 50.2 Å². The van der Waals surface area contributed by atoms with Crippen molar-refractivity contribution in [3.05, 3.63) is 22.9 Å². The van der Waals surface area contributed by atoms with Gasteiger partial charge >= 0.3 is 5.97 Å². The van der Waals surface area contributed by atoms with E-state index in [4.69, 9.17) is 0 Å². The van der Waals surface area contributed by atoms with Gasteiger partial charge in [-0.05, 0) is 62.8 Å². The number of carboxylic acids is 1. The first-order valence-corrected chi connectivity index (χ1v) is 8.70. The lowest BCUT2D eigenvalue weighted by Crippen LogP contribution is -2.28. The molecule has 0 saturated carbocycles. The SMILES string of the molecule is CC1(CNc2nc3c(cc2C(=O)O)CCCC3)CCCS1. The normalized spacial score (nSPS) is 24.6. The smallest absolute Gasteiger partial charge is 0.339 e. The lowest BCUT2D eigenvalue weighted by molar-refractivity contribution is 0.0697. The molecule has 0 bridgehead atoms. The molecule has 2 N–H and O–H groups in total. The number of nitrogens with zero attached hydrogens (tertiary/aromatic N) is 1. The van der Waals surface area contributed by atoms with Crippen LogP contribution in [0, 0.1) is 0 Å².